The highest BCUT2D eigenvalue weighted by Gasteiger charge is 2.19. The monoisotopic (exact) mass is 436 g/mol. The van der Waals surface area contributed by atoms with Gasteiger partial charge in [-0.3, -0.25) is 4.72 Å². The molecule has 0 saturated carbocycles. The van der Waals surface area contributed by atoms with Crippen molar-refractivity contribution in [3.05, 3.63) is 72.8 Å². The first-order chi connectivity index (χ1) is 15.0. The minimum Gasteiger partial charge on any atom is -0.497 e. The van der Waals surface area contributed by atoms with E-state index in [4.69, 9.17) is 9.47 Å². The SMILES string of the molecule is COc1ccc(OC)c(Nc2nc3ccccc3nc2NS(=O)(=O)c2ccccc2)c1. The van der Waals surface area contributed by atoms with E-state index < -0.39 is 10.0 Å². The summed E-state index contributed by atoms with van der Waals surface area (Å²) in [6, 6.07) is 20.5. The van der Waals surface area contributed by atoms with Crippen LogP contribution in [0.2, 0.25) is 0 Å². The first kappa shape index (κ1) is 20.4. The minimum absolute atomic E-state index is 0.0624. The maximum Gasteiger partial charge on any atom is 0.263 e. The third-order valence-corrected chi connectivity index (χ3v) is 5.87. The summed E-state index contributed by atoms with van der Waals surface area (Å²) in [5.41, 5.74) is 1.71. The normalized spacial score (nSPS) is 11.2. The number of fused-ring (bicyclic) bond motifs is 1. The van der Waals surface area contributed by atoms with Gasteiger partial charge in [-0.05, 0) is 36.4 Å². The number of methoxy groups -OCH3 is 2. The number of sulfonamides is 1. The first-order valence-electron chi connectivity index (χ1n) is 9.34. The van der Waals surface area contributed by atoms with Crippen LogP contribution in [0.25, 0.3) is 11.0 Å². The number of hydrogen-bond acceptors (Lipinski definition) is 7. The summed E-state index contributed by atoms with van der Waals surface area (Å²) in [7, 11) is -0.778. The smallest absolute Gasteiger partial charge is 0.263 e. The first-order valence-corrected chi connectivity index (χ1v) is 10.8. The van der Waals surface area contributed by atoms with Crippen LogP contribution in [-0.4, -0.2) is 32.6 Å². The summed E-state index contributed by atoms with van der Waals surface area (Å²) in [6.45, 7) is 0. The summed E-state index contributed by atoms with van der Waals surface area (Å²) in [5, 5.41) is 3.13. The van der Waals surface area contributed by atoms with Crippen molar-refractivity contribution in [2.45, 2.75) is 4.90 Å². The third-order valence-electron chi connectivity index (χ3n) is 4.51. The molecule has 0 saturated heterocycles. The Morgan fingerprint density at radius 1 is 0.774 bits per heavy atom. The van der Waals surface area contributed by atoms with Crippen LogP contribution in [-0.2, 0) is 10.0 Å². The lowest BCUT2D eigenvalue weighted by atomic mass is 10.2. The molecular weight excluding hydrogens is 416 g/mol. The van der Waals surface area contributed by atoms with E-state index in [1.54, 1.807) is 55.6 Å². The largest absolute Gasteiger partial charge is 0.497 e. The zero-order chi connectivity index (χ0) is 21.8. The second-order valence-electron chi connectivity index (χ2n) is 6.52. The molecule has 0 atom stereocenters. The lowest BCUT2D eigenvalue weighted by molar-refractivity contribution is 0.405. The van der Waals surface area contributed by atoms with E-state index in [2.05, 4.69) is 20.0 Å². The highest BCUT2D eigenvalue weighted by atomic mass is 32.2. The van der Waals surface area contributed by atoms with Crippen molar-refractivity contribution in [3.8, 4) is 11.5 Å². The van der Waals surface area contributed by atoms with Gasteiger partial charge in [-0.25, -0.2) is 18.4 Å². The Morgan fingerprint density at radius 3 is 2.06 bits per heavy atom. The van der Waals surface area contributed by atoms with Gasteiger partial charge in [0, 0.05) is 6.07 Å². The zero-order valence-electron chi connectivity index (χ0n) is 16.9. The number of nitrogens with one attached hydrogen (secondary N) is 2. The highest BCUT2D eigenvalue weighted by Crippen LogP contribution is 2.34. The fourth-order valence-electron chi connectivity index (χ4n) is 2.98. The Balaban J connectivity index is 1.81. The molecule has 0 bridgehead atoms. The van der Waals surface area contributed by atoms with Crippen molar-refractivity contribution in [1.82, 2.24) is 9.97 Å². The summed E-state index contributed by atoms with van der Waals surface area (Å²) in [4.78, 5) is 9.20. The van der Waals surface area contributed by atoms with Crippen LogP contribution < -0.4 is 19.5 Å². The number of anilines is 3. The summed E-state index contributed by atoms with van der Waals surface area (Å²) in [5.74, 6) is 1.42. The van der Waals surface area contributed by atoms with Crippen LogP contribution in [0.15, 0.2) is 77.7 Å². The predicted octanol–water partition coefficient (Wildman–Crippen LogP) is 4.19. The van der Waals surface area contributed by atoms with Crippen molar-refractivity contribution >= 4 is 38.4 Å². The summed E-state index contributed by atoms with van der Waals surface area (Å²) in [6.07, 6.45) is 0. The summed E-state index contributed by atoms with van der Waals surface area (Å²) >= 11 is 0. The van der Waals surface area contributed by atoms with Crippen molar-refractivity contribution in [1.29, 1.82) is 0 Å². The van der Waals surface area contributed by atoms with Gasteiger partial charge in [-0.15, -0.1) is 0 Å². The molecule has 0 unspecified atom stereocenters. The van der Waals surface area contributed by atoms with Crippen molar-refractivity contribution in [2.24, 2.45) is 0 Å². The van der Waals surface area contributed by atoms with Crippen molar-refractivity contribution in [2.75, 3.05) is 24.3 Å². The summed E-state index contributed by atoms with van der Waals surface area (Å²) < 4.78 is 39.1. The van der Waals surface area contributed by atoms with E-state index in [1.807, 2.05) is 12.1 Å². The molecule has 158 valence electrons. The van der Waals surface area contributed by atoms with Crippen LogP contribution in [0.4, 0.5) is 17.3 Å². The molecule has 8 nitrogen and oxygen atoms in total. The van der Waals surface area contributed by atoms with E-state index in [0.717, 1.165) is 0 Å². The molecule has 0 aliphatic rings. The predicted molar refractivity (Wildman–Crippen MR) is 120 cm³/mol. The molecule has 0 spiro atoms. The van der Waals surface area contributed by atoms with Crippen LogP contribution in [0, 0.1) is 0 Å². The van der Waals surface area contributed by atoms with Crippen molar-refractivity contribution < 1.29 is 17.9 Å². The van der Waals surface area contributed by atoms with E-state index in [0.29, 0.717) is 28.2 Å². The number of ether oxygens (including phenoxy) is 2. The van der Waals surface area contributed by atoms with Gasteiger partial charge in [-0.2, -0.15) is 0 Å². The van der Waals surface area contributed by atoms with Gasteiger partial charge in [0.15, 0.2) is 11.6 Å². The minimum atomic E-state index is -3.87. The van der Waals surface area contributed by atoms with Gasteiger partial charge >= 0.3 is 0 Å². The van der Waals surface area contributed by atoms with E-state index in [1.165, 1.54) is 19.2 Å². The second kappa shape index (κ2) is 8.49. The lowest BCUT2D eigenvalue weighted by Crippen LogP contribution is -2.16. The van der Waals surface area contributed by atoms with Crippen LogP contribution in [0.1, 0.15) is 0 Å². The Kier molecular flexibility index (Phi) is 5.59. The Labute approximate surface area is 179 Å². The second-order valence-corrected chi connectivity index (χ2v) is 8.20. The molecule has 1 aromatic heterocycles. The number of hydrogen-bond donors (Lipinski definition) is 2. The molecule has 4 aromatic rings. The Morgan fingerprint density at radius 2 is 1.42 bits per heavy atom. The maximum atomic E-state index is 12.9. The molecule has 0 radical (unpaired) electrons. The fourth-order valence-corrected chi connectivity index (χ4v) is 4.01. The Hall–Kier alpha value is -3.85. The van der Waals surface area contributed by atoms with Gasteiger partial charge in [-0.1, -0.05) is 30.3 Å². The van der Waals surface area contributed by atoms with E-state index >= 15 is 0 Å². The number of benzene rings is 3. The maximum absolute atomic E-state index is 12.9. The van der Waals surface area contributed by atoms with Gasteiger partial charge in [0.1, 0.15) is 11.5 Å². The van der Waals surface area contributed by atoms with E-state index in [9.17, 15) is 8.42 Å². The Bertz CT molecular complexity index is 1330. The lowest BCUT2D eigenvalue weighted by Gasteiger charge is -2.16. The average molecular weight is 436 g/mol. The number of para-hydroxylation sites is 2. The fraction of sp³-hybridized carbons (Fsp3) is 0.0909. The standard InChI is InChI=1S/C22H20N4O4S/c1-29-15-12-13-20(30-2)19(14-15)25-21-22(24-18-11-7-6-10-17(18)23-21)26-31(27,28)16-8-4-3-5-9-16/h3-14H,1-2H3,(H,23,25)(H,24,26). The van der Waals surface area contributed by atoms with Gasteiger partial charge in [0.05, 0.1) is 35.8 Å². The van der Waals surface area contributed by atoms with Gasteiger partial charge in [0.25, 0.3) is 10.0 Å². The number of rotatable bonds is 7. The topological polar surface area (TPSA) is 102 Å². The van der Waals surface area contributed by atoms with Crippen LogP contribution in [0.5, 0.6) is 11.5 Å². The van der Waals surface area contributed by atoms with Gasteiger partial charge in [0.2, 0.25) is 0 Å². The molecule has 0 aliphatic heterocycles. The van der Waals surface area contributed by atoms with Crippen molar-refractivity contribution in [3.63, 3.8) is 0 Å². The molecule has 0 fully saturated rings. The quantitative estimate of drug-likeness (QED) is 0.448. The molecule has 3 aromatic carbocycles. The molecule has 2 N–H and O–H groups in total. The average Bonchev–Trinajstić information content (AvgIpc) is 2.79. The van der Waals surface area contributed by atoms with Gasteiger partial charge < -0.3 is 14.8 Å². The highest BCUT2D eigenvalue weighted by molar-refractivity contribution is 7.92. The third kappa shape index (κ3) is 4.36. The van der Waals surface area contributed by atoms with E-state index in [-0.39, 0.29) is 16.5 Å². The number of aromatic nitrogens is 2. The zero-order valence-corrected chi connectivity index (χ0v) is 17.7. The van der Waals surface area contributed by atoms with Crippen LogP contribution in [0.3, 0.4) is 0 Å². The molecule has 31 heavy (non-hydrogen) atoms. The molecular formula is C22H20N4O4S. The number of nitrogens with zero attached hydrogens (tertiary/aromatic N) is 2. The molecule has 4 rings (SSSR count). The van der Waals surface area contributed by atoms with Crippen LogP contribution >= 0.6 is 0 Å². The molecule has 1 heterocycles. The molecule has 0 aliphatic carbocycles. The molecule has 9 heteroatoms. The molecule has 0 amide bonds.